The van der Waals surface area contributed by atoms with Gasteiger partial charge in [0.05, 0.1) is 11.7 Å². The number of carbonyl (C=O) groups is 3. The molecule has 1 heterocycles. The Morgan fingerprint density at radius 1 is 1.38 bits per heavy atom. The maximum absolute atomic E-state index is 11.6. The van der Waals surface area contributed by atoms with Gasteiger partial charge in [0.25, 0.3) is 5.91 Å². The van der Waals surface area contributed by atoms with Crippen LogP contribution in [0.4, 0.5) is 0 Å². The number of rotatable bonds is 6. The number of carbonyl (C=O) groups excluding carboxylic acids is 3. The predicted molar refractivity (Wildman–Crippen MR) is 82.7 cm³/mol. The molecule has 0 radical (unpaired) electrons. The highest BCUT2D eigenvalue weighted by atomic mass is 32.2. The Kier molecular flexibility index (Phi) is 5.98. The second kappa shape index (κ2) is 7.74. The highest BCUT2D eigenvalue weighted by Crippen LogP contribution is 2.25. The Bertz CT molecular complexity index is 433. The number of hydrogen-bond acceptors (Lipinski definition) is 6. The Morgan fingerprint density at radius 3 is 2.71 bits per heavy atom. The lowest BCUT2D eigenvalue weighted by Gasteiger charge is -2.15. The summed E-state index contributed by atoms with van der Waals surface area (Å²) < 4.78 is 5.53. The van der Waals surface area contributed by atoms with Crippen LogP contribution in [0.15, 0.2) is 0 Å². The van der Waals surface area contributed by atoms with E-state index in [-0.39, 0.29) is 30.3 Å². The Hall–Kier alpha value is -1.15. The molecule has 0 bridgehead atoms. The number of nitrogens with zero attached hydrogens (tertiary/aromatic N) is 1. The highest BCUT2D eigenvalue weighted by molar-refractivity contribution is 8.23. The average molecular weight is 330 g/mol. The molecule has 0 aromatic rings. The van der Waals surface area contributed by atoms with Gasteiger partial charge >= 0.3 is 5.97 Å². The van der Waals surface area contributed by atoms with Crippen LogP contribution in [0, 0.1) is 5.92 Å². The van der Waals surface area contributed by atoms with Crippen LogP contribution < -0.4 is 5.32 Å². The van der Waals surface area contributed by atoms with E-state index in [1.807, 2.05) is 0 Å². The number of thiocarbonyl (C=S) groups is 1. The van der Waals surface area contributed by atoms with Crippen molar-refractivity contribution < 1.29 is 19.1 Å². The Morgan fingerprint density at radius 2 is 2.10 bits per heavy atom. The number of esters is 1. The predicted octanol–water partition coefficient (Wildman–Crippen LogP) is 0.696. The molecular formula is C13H18N2O4S2. The number of amides is 2. The van der Waals surface area contributed by atoms with Crippen LogP contribution in [0.1, 0.15) is 25.7 Å². The smallest absolute Gasteiger partial charge is 0.309 e. The molecule has 0 atom stereocenters. The van der Waals surface area contributed by atoms with Crippen LogP contribution in [-0.2, 0) is 19.1 Å². The summed E-state index contributed by atoms with van der Waals surface area (Å²) in [6.07, 6.45) is 3.81. The van der Waals surface area contributed by atoms with Gasteiger partial charge in [0, 0.05) is 13.1 Å². The fraction of sp³-hybridized carbons (Fsp3) is 0.692. The molecule has 1 saturated carbocycles. The van der Waals surface area contributed by atoms with Gasteiger partial charge in [-0.15, -0.1) is 0 Å². The molecule has 0 aromatic heterocycles. The van der Waals surface area contributed by atoms with Crippen LogP contribution in [0.3, 0.4) is 0 Å². The van der Waals surface area contributed by atoms with E-state index >= 15 is 0 Å². The highest BCUT2D eigenvalue weighted by Gasteiger charge is 2.26. The Balaban J connectivity index is 1.60. The number of ether oxygens (including phenoxy) is 1. The third-order valence-corrected chi connectivity index (χ3v) is 4.96. The summed E-state index contributed by atoms with van der Waals surface area (Å²) in [5.41, 5.74) is 0. The van der Waals surface area contributed by atoms with Crippen molar-refractivity contribution in [3.8, 4) is 0 Å². The summed E-state index contributed by atoms with van der Waals surface area (Å²) in [5, 5.41) is 2.62. The molecule has 0 spiro atoms. The van der Waals surface area contributed by atoms with Crippen LogP contribution >= 0.6 is 24.0 Å². The molecule has 116 valence electrons. The zero-order valence-corrected chi connectivity index (χ0v) is 13.3. The SMILES string of the molecule is O=C(COC(=O)C1CCCC1)NCCN1C(=O)CSC1=S. The van der Waals surface area contributed by atoms with Crippen molar-refractivity contribution in [1.29, 1.82) is 0 Å². The molecule has 21 heavy (non-hydrogen) atoms. The third-order valence-electron chi connectivity index (χ3n) is 3.53. The molecule has 2 fully saturated rings. The van der Waals surface area contributed by atoms with Gasteiger partial charge < -0.3 is 10.1 Å². The van der Waals surface area contributed by atoms with Crippen LogP contribution in [-0.4, -0.2) is 52.5 Å². The summed E-state index contributed by atoms with van der Waals surface area (Å²) >= 11 is 6.36. The zero-order valence-electron chi connectivity index (χ0n) is 11.6. The lowest BCUT2D eigenvalue weighted by atomic mass is 10.1. The van der Waals surface area contributed by atoms with E-state index in [0.717, 1.165) is 25.7 Å². The maximum Gasteiger partial charge on any atom is 0.309 e. The monoisotopic (exact) mass is 330 g/mol. The normalized spacial score (nSPS) is 19.1. The lowest BCUT2D eigenvalue weighted by Crippen LogP contribution is -2.39. The average Bonchev–Trinajstić information content (AvgIpc) is 3.09. The van der Waals surface area contributed by atoms with Crippen molar-refractivity contribution in [2.24, 2.45) is 5.92 Å². The third kappa shape index (κ3) is 4.67. The molecule has 0 unspecified atom stereocenters. The molecule has 1 aliphatic carbocycles. The largest absolute Gasteiger partial charge is 0.455 e. The molecule has 8 heteroatoms. The molecule has 1 saturated heterocycles. The van der Waals surface area contributed by atoms with Crippen molar-refractivity contribution in [1.82, 2.24) is 10.2 Å². The van der Waals surface area contributed by atoms with E-state index in [1.54, 1.807) is 0 Å². The minimum Gasteiger partial charge on any atom is -0.455 e. The summed E-state index contributed by atoms with van der Waals surface area (Å²) in [6, 6.07) is 0. The van der Waals surface area contributed by atoms with Crippen molar-refractivity contribution in [2.75, 3.05) is 25.4 Å². The summed E-state index contributed by atoms with van der Waals surface area (Å²) in [4.78, 5) is 36.1. The molecule has 6 nitrogen and oxygen atoms in total. The minimum absolute atomic E-state index is 0.0353. The quantitative estimate of drug-likeness (QED) is 0.571. The minimum atomic E-state index is -0.355. The van der Waals surface area contributed by atoms with Crippen molar-refractivity contribution >= 4 is 46.1 Å². The fourth-order valence-corrected chi connectivity index (χ4v) is 3.49. The van der Waals surface area contributed by atoms with Gasteiger partial charge in [0.2, 0.25) is 5.91 Å². The summed E-state index contributed by atoms with van der Waals surface area (Å²) in [6.45, 7) is 0.391. The summed E-state index contributed by atoms with van der Waals surface area (Å²) in [5.74, 6) is -0.353. The first-order valence-electron chi connectivity index (χ1n) is 6.98. The van der Waals surface area contributed by atoms with Gasteiger partial charge in [-0.2, -0.15) is 0 Å². The maximum atomic E-state index is 11.6. The fourth-order valence-electron chi connectivity index (χ4n) is 2.37. The molecule has 2 amide bonds. The van der Waals surface area contributed by atoms with Gasteiger partial charge in [-0.1, -0.05) is 36.8 Å². The van der Waals surface area contributed by atoms with Gasteiger partial charge in [-0.25, -0.2) is 0 Å². The van der Waals surface area contributed by atoms with E-state index in [0.29, 0.717) is 23.2 Å². The molecule has 0 aromatic carbocycles. The lowest BCUT2D eigenvalue weighted by molar-refractivity contribution is -0.152. The molecule has 2 aliphatic rings. The first-order valence-corrected chi connectivity index (χ1v) is 8.38. The van der Waals surface area contributed by atoms with E-state index in [4.69, 9.17) is 17.0 Å². The standard InChI is InChI=1S/C13H18N2O4S2/c16-10(7-19-12(18)9-3-1-2-4-9)14-5-6-15-11(17)8-21-13(15)20/h9H,1-8H2,(H,14,16). The second-order valence-corrected chi connectivity index (χ2v) is 6.65. The number of thioether (sulfide) groups is 1. The van der Waals surface area contributed by atoms with E-state index in [2.05, 4.69) is 5.32 Å². The van der Waals surface area contributed by atoms with Crippen molar-refractivity contribution in [2.45, 2.75) is 25.7 Å². The van der Waals surface area contributed by atoms with Crippen LogP contribution in [0.5, 0.6) is 0 Å². The van der Waals surface area contributed by atoms with Gasteiger partial charge in [-0.3, -0.25) is 19.3 Å². The van der Waals surface area contributed by atoms with Gasteiger partial charge in [-0.05, 0) is 12.8 Å². The number of nitrogens with one attached hydrogen (secondary N) is 1. The van der Waals surface area contributed by atoms with Crippen LogP contribution in [0.2, 0.25) is 0 Å². The van der Waals surface area contributed by atoms with E-state index in [9.17, 15) is 14.4 Å². The zero-order chi connectivity index (χ0) is 15.2. The first-order chi connectivity index (χ1) is 10.1. The van der Waals surface area contributed by atoms with Crippen LogP contribution in [0.25, 0.3) is 0 Å². The van der Waals surface area contributed by atoms with Crippen molar-refractivity contribution in [3.63, 3.8) is 0 Å². The molecule has 2 rings (SSSR count). The topological polar surface area (TPSA) is 75.7 Å². The number of hydrogen-bond donors (Lipinski definition) is 1. The van der Waals surface area contributed by atoms with E-state index in [1.165, 1.54) is 16.7 Å². The first kappa shape index (κ1) is 16.2. The Labute approximate surface area is 132 Å². The van der Waals surface area contributed by atoms with Crippen molar-refractivity contribution in [3.05, 3.63) is 0 Å². The molecule has 1 N–H and O–H groups in total. The van der Waals surface area contributed by atoms with E-state index < -0.39 is 0 Å². The van der Waals surface area contributed by atoms with Gasteiger partial charge in [0.15, 0.2) is 6.61 Å². The second-order valence-electron chi connectivity index (χ2n) is 5.04. The molecular weight excluding hydrogens is 312 g/mol. The summed E-state index contributed by atoms with van der Waals surface area (Å²) in [7, 11) is 0. The van der Waals surface area contributed by atoms with Gasteiger partial charge in [0.1, 0.15) is 4.32 Å². The molecule has 1 aliphatic heterocycles.